The molecule has 6 nitrogen and oxygen atoms in total. The first-order chi connectivity index (χ1) is 19.3. The van der Waals surface area contributed by atoms with Gasteiger partial charge in [-0.25, -0.2) is 0 Å². The van der Waals surface area contributed by atoms with Crippen LogP contribution in [-0.4, -0.2) is 23.8 Å². The molecule has 0 aromatic heterocycles. The van der Waals surface area contributed by atoms with E-state index >= 15 is 0 Å². The quantitative estimate of drug-likeness (QED) is 0.150. The van der Waals surface area contributed by atoms with E-state index < -0.39 is 0 Å². The van der Waals surface area contributed by atoms with Crippen molar-refractivity contribution in [2.75, 3.05) is 0 Å². The van der Waals surface area contributed by atoms with Crippen molar-refractivity contribution in [3.8, 4) is 11.5 Å². The Hall–Kier alpha value is -4.32. The molecule has 0 aliphatic heterocycles. The lowest BCUT2D eigenvalue weighted by Crippen LogP contribution is -2.16. The van der Waals surface area contributed by atoms with Gasteiger partial charge in [0.1, 0.15) is 36.4 Å². The van der Waals surface area contributed by atoms with Crippen LogP contribution in [0.3, 0.4) is 0 Å². The summed E-state index contributed by atoms with van der Waals surface area (Å²) in [5.41, 5.74) is 16.3. The Morgan fingerprint density at radius 2 is 1.07 bits per heavy atom. The standard InChI is InChI=1S/C34H40N4O2/c1-5-23(3)37-33(35)28-11-7-9-25(17-28)21-39-31-15-13-27-14-16-32(20-30(27)19-31)40-22-26-10-8-12-29(18-26)34(36)38-24(4)6-2/h7-20,23-24H,5-6,21-22H2,1-4H3,(H2,35,37)(H2,36,38). The van der Waals surface area contributed by atoms with Gasteiger partial charge in [-0.2, -0.15) is 0 Å². The van der Waals surface area contributed by atoms with Gasteiger partial charge in [0, 0.05) is 23.2 Å². The van der Waals surface area contributed by atoms with E-state index in [4.69, 9.17) is 20.9 Å². The van der Waals surface area contributed by atoms with E-state index in [-0.39, 0.29) is 12.1 Å². The average Bonchev–Trinajstić information content (AvgIpc) is 2.98. The maximum Gasteiger partial charge on any atom is 0.125 e. The summed E-state index contributed by atoms with van der Waals surface area (Å²) in [5.74, 6) is 2.70. The van der Waals surface area contributed by atoms with Gasteiger partial charge in [0.25, 0.3) is 0 Å². The zero-order valence-electron chi connectivity index (χ0n) is 23.9. The van der Waals surface area contributed by atoms with Crippen LogP contribution in [0.2, 0.25) is 0 Å². The van der Waals surface area contributed by atoms with Gasteiger partial charge in [0.2, 0.25) is 0 Å². The molecule has 0 amide bonds. The third-order valence-electron chi connectivity index (χ3n) is 6.94. The molecular formula is C34H40N4O2. The molecule has 0 fully saturated rings. The summed E-state index contributed by atoms with van der Waals surface area (Å²) in [7, 11) is 0. The third-order valence-corrected chi connectivity index (χ3v) is 6.94. The zero-order chi connectivity index (χ0) is 28.5. The molecule has 6 heteroatoms. The molecule has 4 N–H and O–H groups in total. The highest BCUT2D eigenvalue weighted by Gasteiger charge is 2.07. The van der Waals surface area contributed by atoms with Crippen LogP contribution < -0.4 is 20.9 Å². The Kier molecular flexibility index (Phi) is 9.79. The summed E-state index contributed by atoms with van der Waals surface area (Å²) >= 11 is 0. The lowest BCUT2D eigenvalue weighted by atomic mass is 10.1. The second-order valence-corrected chi connectivity index (χ2v) is 10.2. The van der Waals surface area contributed by atoms with E-state index in [0.29, 0.717) is 24.9 Å². The van der Waals surface area contributed by atoms with E-state index in [1.807, 2.05) is 72.8 Å². The van der Waals surface area contributed by atoms with Crippen molar-refractivity contribution in [1.29, 1.82) is 0 Å². The first-order valence-corrected chi connectivity index (χ1v) is 14.0. The Bertz CT molecular complexity index is 1390. The predicted octanol–water partition coefficient (Wildman–Crippen LogP) is 7.01. The van der Waals surface area contributed by atoms with Crippen LogP contribution in [0.5, 0.6) is 11.5 Å². The minimum absolute atomic E-state index is 0.198. The number of rotatable bonds is 12. The average molecular weight is 537 g/mol. The molecule has 0 saturated heterocycles. The van der Waals surface area contributed by atoms with Crippen molar-refractivity contribution >= 4 is 22.4 Å². The molecule has 2 unspecified atom stereocenters. The van der Waals surface area contributed by atoms with E-state index in [2.05, 4.69) is 49.8 Å². The van der Waals surface area contributed by atoms with E-state index in [0.717, 1.165) is 57.4 Å². The first-order valence-electron chi connectivity index (χ1n) is 14.0. The first kappa shape index (κ1) is 28.7. The molecule has 2 atom stereocenters. The highest BCUT2D eigenvalue weighted by molar-refractivity contribution is 5.98. The van der Waals surface area contributed by atoms with Crippen molar-refractivity contribution in [1.82, 2.24) is 0 Å². The molecule has 0 radical (unpaired) electrons. The van der Waals surface area contributed by atoms with Gasteiger partial charge >= 0.3 is 0 Å². The van der Waals surface area contributed by atoms with Crippen LogP contribution in [0, 0.1) is 0 Å². The number of hydrogen-bond donors (Lipinski definition) is 2. The molecule has 40 heavy (non-hydrogen) atoms. The summed E-state index contributed by atoms with van der Waals surface area (Å²) in [6.45, 7) is 9.21. The van der Waals surface area contributed by atoms with Crippen LogP contribution in [0.1, 0.15) is 62.8 Å². The lowest BCUT2D eigenvalue weighted by molar-refractivity contribution is 0.305. The summed E-state index contributed by atoms with van der Waals surface area (Å²) in [6.07, 6.45) is 1.91. The Balaban J connectivity index is 1.42. The zero-order valence-corrected chi connectivity index (χ0v) is 23.9. The predicted molar refractivity (Wildman–Crippen MR) is 166 cm³/mol. The molecule has 0 aliphatic rings. The molecule has 4 rings (SSSR count). The van der Waals surface area contributed by atoms with Gasteiger partial charge in [-0.15, -0.1) is 0 Å². The number of benzene rings is 4. The molecule has 0 aliphatic carbocycles. The normalized spacial score (nSPS) is 13.7. The minimum Gasteiger partial charge on any atom is -0.489 e. The molecule has 0 bridgehead atoms. The maximum atomic E-state index is 6.22. The minimum atomic E-state index is 0.198. The van der Waals surface area contributed by atoms with Gasteiger partial charge in [-0.05, 0) is 85.0 Å². The second-order valence-electron chi connectivity index (χ2n) is 10.2. The summed E-state index contributed by atoms with van der Waals surface area (Å²) in [5, 5.41) is 2.17. The highest BCUT2D eigenvalue weighted by atomic mass is 16.5. The topological polar surface area (TPSA) is 95.2 Å². The number of amidine groups is 2. The summed E-state index contributed by atoms with van der Waals surface area (Å²) in [6, 6.07) is 28.6. The number of nitrogens with two attached hydrogens (primary N) is 2. The van der Waals surface area contributed by atoms with Crippen molar-refractivity contribution in [3.63, 3.8) is 0 Å². The number of fused-ring (bicyclic) bond motifs is 1. The van der Waals surface area contributed by atoms with Crippen molar-refractivity contribution in [2.45, 2.75) is 65.8 Å². The van der Waals surface area contributed by atoms with Gasteiger partial charge in [0.15, 0.2) is 0 Å². The van der Waals surface area contributed by atoms with Crippen molar-refractivity contribution in [3.05, 3.63) is 107 Å². The van der Waals surface area contributed by atoms with Gasteiger partial charge in [0.05, 0.1) is 0 Å². The molecule has 0 spiro atoms. The second kappa shape index (κ2) is 13.7. The molecular weight excluding hydrogens is 496 g/mol. The summed E-state index contributed by atoms with van der Waals surface area (Å²) in [4.78, 5) is 9.12. The third kappa shape index (κ3) is 7.85. The Labute approximate surface area is 237 Å². The largest absolute Gasteiger partial charge is 0.489 e. The molecule has 0 heterocycles. The van der Waals surface area contributed by atoms with Crippen LogP contribution in [-0.2, 0) is 13.2 Å². The Morgan fingerprint density at radius 3 is 1.50 bits per heavy atom. The maximum absolute atomic E-state index is 6.22. The Morgan fingerprint density at radius 1 is 0.625 bits per heavy atom. The van der Waals surface area contributed by atoms with Gasteiger partial charge in [-0.3, -0.25) is 9.98 Å². The number of nitrogens with zero attached hydrogens (tertiary/aromatic N) is 2. The van der Waals surface area contributed by atoms with Crippen LogP contribution >= 0.6 is 0 Å². The van der Waals surface area contributed by atoms with Crippen LogP contribution in [0.4, 0.5) is 0 Å². The number of aliphatic imine (C=N–C) groups is 2. The van der Waals surface area contributed by atoms with Crippen molar-refractivity contribution < 1.29 is 9.47 Å². The fourth-order valence-corrected chi connectivity index (χ4v) is 4.16. The molecule has 4 aromatic rings. The monoisotopic (exact) mass is 536 g/mol. The lowest BCUT2D eigenvalue weighted by Gasteiger charge is -2.11. The summed E-state index contributed by atoms with van der Waals surface area (Å²) < 4.78 is 12.3. The van der Waals surface area contributed by atoms with Crippen LogP contribution in [0.25, 0.3) is 10.8 Å². The van der Waals surface area contributed by atoms with Gasteiger partial charge in [-0.1, -0.05) is 62.4 Å². The van der Waals surface area contributed by atoms with E-state index in [9.17, 15) is 0 Å². The SMILES string of the molecule is CCC(C)N=C(N)c1cccc(COc2ccc3ccc(OCc4cccc(C(N)=NC(C)CC)c4)cc3c2)c1. The smallest absolute Gasteiger partial charge is 0.125 e. The van der Waals surface area contributed by atoms with Gasteiger partial charge < -0.3 is 20.9 Å². The number of hydrogen-bond acceptors (Lipinski definition) is 4. The van der Waals surface area contributed by atoms with E-state index in [1.54, 1.807) is 0 Å². The van der Waals surface area contributed by atoms with Crippen LogP contribution in [0.15, 0.2) is 94.9 Å². The fraction of sp³-hybridized carbons (Fsp3) is 0.294. The fourth-order valence-electron chi connectivity index (χ4n) is 4.16. The highest BCUT2D eigenvalue weighted by Crippen LogP contribution is 2.26. The number of ether oxygens (including phenoxy) is 2. The molecule has 4 aromatic carbocycles. The van der Waals surface area contributed by atoms with E-state index in [1.165, 1.54) is 0 Å². The molecule has 208 valence electrons. The van der Waals surface area contributed by atoms with Crippen molar-refractivity contribution in [2.24, 2.45) is 21.5 Å². The molecule has 0 saturated carbocycles.